The Hall–Kier alpha value is -0.850. The van der Waals surface area contributed by atoms with Crippen LogP contribution in [0.15, 0.2) is 22.7 Å². The van der Waals surface area contributed by atoms with E-state index >= 15 is 0 Å². The van der Waals surface area contributed by atoms with Gasteiger partial charge in [-0.1, -0.05) is 6.07 Å². The van der Waals surface area contributed by atoms with Crippen molar-refractivity contribution in [2.45, 2.75) is 25.8 Å². The van der Waals surface area contributed by atoms with E-state index in [2.05, 4.69) is 34.1 Å². The third-order valence-corrected chi connectivity index (χ3v) is 3.00. The van der Waals surface area contributed by atoms with E-state index in [-0.39, 0.29) is 11.9 Å². The summed E-state index contributed by atoms with van der Waals surface area (Å²) in [6.45, 7) is 2.93. The number of nitrogens with one attached hydrogen (secondary N) is 1. The van der Waals surface area contributed by atoms with Crippen LogP contribution in [0.1, 0.15) is 31.4 Å². The van der Waals surface area contributed by atoms with E-state index in [9.17, 15) is 4.39 Å². The molecule has 16 heavy (non-hydrogen) atoms. The average molecular weight is 284 g/mol. The minimum Gasteiger partial charge on any atom is -0.310 e. The van der Waals surface area contributed by atoms with Gasteiger partial charge in [0.1, 0.15) is 5.82 Å². The molecule has 1 unspecified atom stereocenters. The zero-order valence-electron chi connectivity index (χ0n) is 9.26. The Morgan fingerprint density at radius 2 is 2.31 bits per heavy atom. The second-order valence-electron chi connectivity index (χ2n) is 3.66. The van der Waals surface area contributed by atoms with Crippen LogP contribution >= 0.6 is 15.9 Å². The number of halogens is 2. The molecule has 0 radical (unpaired) electrons. The van der Waals surface area contributed by atoms with Gasteiger partial charge in [0.25, 0.3) is 0 Å². The largest absolute Gasteiger partial charge is 0.310 e. The van der Waals surface area contributed by atoms with Crippen LogP contribution in [0.4, 0.5) is 4.39 Å². The Morgan fingerprint density at radius 1 is 1.56 bits per heavy atom. The van der Waals surface area contributed by atoms with Crippen molar-refractivity contribution in [2.75, 3.05) is 6.54 Å². The van der Waals surface area contributed by atoms with Crippen LogP contribution in [0.2, 0.25) is 0 Å². The normalized spacial score (nSPS) is 12.1. The first kappa shape index (κ1) is 13.2. The van der Waals surface area contributed by atoms with Crippen LogP contribution in [0.5, 0.6) is 0 Å². The molecule has 1 aromatic carbocycles. The van der Waals surface area contributed by atoms with Crippen molar-refractivity contribution in [3.05, 3.63) is 34.1 Å². The van der Waals surface area contributed by atoms with Crippen LogP contribution in [0.3, 0.4) is 0 Å². The summed E-state index contributed by atoms with van der Waals surface area (Å²) in [6.07, 6.45) is 6.91. The van der Waals surface area contributed by atoms with Gasteiger partial charge in [0, 0.05) is 12.5 Å². The van der Waals surface area contributed by atoms with E-state index in [4.69, 9.17) is 6.42 Å². The number of hydrogen-bond acceptors (Lipinski definition) is 1. The lowest BCUT2D eigenvalue weighted by molar-refractivity contribution is 0.559. The Morgan fingerprint density at radius 3 is 2.94 bits per heavy atom. The molecule has 0 aliphatic carbocycles. The van der Waals surface area contributed by atoms with Gasteiger partial charge in [0.05, 0.1) is 4.47 Å². The first-order chi connectivity index (χ1) is 7.65. The summed E-state index contributed by atoms with van der Waals surface area (Å²) in [6, 6.07) is 5.27. The van der Waals surface area contributed by atoms with Gasteiger partial charge >= 0.3 is 0 Å². The second-order valence-corrected chi connectivity index (χ2v) is 4.51. The zero-order valence-corrected chi connectivity index (χ0v) is 10.8. The molecular weight excluding hydrogens is 269 g/mol. The molecule has 1 rings (SSSR count). The molecule has 86 valence electrons. The highest BCUT2D eigenvalue weighted by molar-refractivity contribution is 9.10. The maximum absolute atomic E-state index is 13.0. The summed E-state index contributed by atoms with van der Waals surface area (Å²) < 4.78 is 13.5. The SMILES string of the molecule is C#CCCCNC(C)c1ccc(F)c(Br)c1. The number of rotatable bonds is 5. The number of hydrogen-bond donors (Lipinski definition) is 1. The van der Waals surface area contributed by atoms with Crippen molar-refractivity contribution in [2.24, 2.45) is 0 Å². The van der Waals surface area contributed by atoms with Crippen LogP contribution < -0.4 is 5.32 Å². The van der Waals surface area contributed by atoms with E-state index in [0.29, 0.717) is 4.47 Å². The van der Waals surface area contributed by atoms with Gasteiger partial charge in [0.2, 0.25) is 0 Å². The number of terminal acetylenes is 1. The summed E-state index contributed by atoms with van der Waals surface area (Å²) in [5.74, 6) is 2.37. The van der Waals surface area contributed by atoms with Crippen LogP contribution in [-0.4, -0.2) is 6.54 Å². The highest BCUT2D eigenvalue weighted by Gasteiger charge is 2.06. The van der Waals surface area contributed by atoms with Gasteiger partial charge in [-0.3, -0.25) is 0 Å². The summed E-state index contributed by atoms with van der Waals surface area (Å²) in [4.78, 5) is 0. The molecule has 0 aliphatic rings. The summed E-state index contributed by atoms with van der Waals surface area (Å²) in [7, 11) is 0. The quantitative estimate of drug-likeness (QED) is 0.643. The van der Waals surface area contributed by atoms with Crippen molar-refractivity contribution < 1.29 is 4.39 Å². The fourth-order valence-corrected chi connectivity index (χ4v) is 1.81. The molecule has 0 aliphatic heterocycles. The molecule has 0 bridgehead atoms. The number of benzene rings is 1. The lowest BCUT2D eigenvalue weighted by Crippen LogP contribution is -2.19. The van der Waals surface area contributed by atoms with Crippen molar-refractivity contribution >= 4 is 15.9 Å². The van der Waals surface area contributed by atoms with Crippen molar-refractivity contribution in [1.82, 2.24) is 5.32 Å². The molecule has 1 atom stereocenters. The molecule has 0 amide bonds. The third kappa shape index (κ3) is 3.96. The monoisotopic (exact) mass is 283 g/mol. The Bertz CT molecular complexity index is 384. The van der Waals surface area contributed by atoms with Gasteiger partial charge in [-0.25, -0.2) is 4.39 Å². The standard InChI is InChI=1S/C13H15BrFN/c1-3-4-5-8-16-10(2)11-6-7-13(15)12(14)9-11/h1,6-7,9-10,16H,4-5,8H2,2H3. The molecule has 1 nitrogen and oxygen atoms in total. The maximum Gasteiger partial charge on any atom is 0.137 e. The van der Waals surface area contributed by atoms with Crippen LogP contribution in [0, 0.1) is 18.2 Å². The molecule has 0 fully saturated rings. The minimum absolute atomic E-state index is 0.203. The molecule has 0 heterocycles. The highest BCUT2D eigenvalue weighted by Crippen LogP contribution is 2.21. The van der Waals surface area contributed by atoms with Gasteiger partial charge in [-0.05, 0) is 53.5 Å². The Kier molecular flexibility index (Phi) is 5.51. The molecule has 1 N–H and O–H groups in total. The molecule has 0 saturated heterocycles. The minimum atomic E-state index is -0.233. The van der Waals surface area contributed by atoms with E-state index in [1.165, 1.54) is 6.07 Å². The Balaban J connectivity index is 2.50. The predicted octanol–water partition coefficient (Wildman–Crippen LogP) is 3.65. The number of unbranched alkanes of at least 4 members (excludes halogenated alkanes) is 1. The van der Waals surface area contributed by atoms with Gasteiger partial charge in [-0.2, -0.15) is 0 Å². The molecule has 0 aromatic heterocycles. The maximum atomic E-state index is 13.0. The predicted molar refractivity (Wildman–Crippen MR) is 68.6 cm³/mol. The summed E-state index contributed by atoms with van der Waals surface area (Å²) in [5, 5.41) is 3.34. The van der Waals surface area contributed by atoms with Gasteiger partial charge in [0.15, 0.2) is 0 Å². The fraction of sp³-hybridized carbons (Fsp3) is 0.385. The van der Waals surface area contributed by atoms with E-state index < -0.39 is 0 Å². The highest BCUT2D eigenvalue weighted by atomic mass is 79.9. The van der Waals surface area contributed by atoms with E-state index in [1.807, 2.05) is 0 Å². The van der Waals surface area contributed by atoms with Crippen LogP contribution in [-0.2, 0) is 0 Å². The van der Waals surface area contributed by atoms with E-state index in [1.54, 1.807) is 12.1 Å². The first-order valence-corrected chi connectivity index (χ1v) is 6.06. The average Bonchev–Trinajstić information content (AvgIpc) is 2.28. The second kappa shape index (κ2) is 6.67. The third-order valence-electron chi connectivity index (χ3n) is 2.39. The lowest BCUT2D eigenvalue weighted by atomic mass is 10.1. The smallest absolute Gasteiger partial charge is 0.137 e. The lowest BCUT2D eigenvalue weighted by Gasteiger charge is -2.14. The topological polar surface area (TPSA) is 12.0 Å². The molecule has 1 aromatic rings. The molecule has 3 heteroatoms. The van der Waals surface area contributed by atoms with Gasteiger partial charge < -0.3 is 5.32 Å². The zero-order chi connectivity index (χ0) is 12.0. The van der Waals surface area contributed by atoms with Crippen molar-refractivity contribution in [1.29, 1.82) is 0 Å². The van der Waals surface area contributed by atoms with Crippen molar-refractivity contribution in [3.8, 4) is 12.3 Å². The summed E-state index contributed by atoms with van der Waals surface area (Å²) >= 11 is 3.18. The summed E-state index contributed by atoms with van der Waals surface area (Å²) in [5.41, 5.74) is 1.06. The van der Waals surface area contributed by atoms with Gasteiger partial charge in [-0.15, -0.1) is 12.3 Å². The first-order valence-electron chi connectivity index (χ1n) is 5.27. The molecule has 0 saturated carbocycles. The Labute approximate surface area is 105 Å². The molecular formula is C13H15BrFN. The van der Waals surface area contributed by atoms with Crippen molar-refractivity contribution in [3.63, 3.8) is 0 Å². The van der Waals surface area contributed by atoms with Crippen LogP contribution in [0.25, 0.3) is 0 Å². The fourth-order valence-electron chi connectivity index (χ4n) is 1.41. The molecule has 0 spiro atoms. The van der Waals surface area contributed by atoms with E-state index in [0.717, 1.165) is 24.9 Å².